The molecule has 0 aliphatic rings. The third-order valence-corrected chi connectivity index (χ3v) is 4.66. The van der Waals surface area contributed by atoms with Gasteiger partial charge < -0.3 is 4.74 Å². The normalized spacial score (nSPS) is 13.2. The van der Waals surface area contributed by atoms with E-state index in [0.717, 1.165) is 16.9 Å². The SMILES string of the molecule is COc1ccc(C(OS(=O)c2ccccc2)c2ccccc2)cc1. The molecule has 0 N–H and O–H groups in total. The summed E-state index contributed by atoms with van der Waals surface area (Å²) in [5.74, 6) is 0.773. The fourth-order valence-corrected chi connectivity index (χ4v) is 3.27. The Morgan fingerprint density at radius 1 is 0.750 bits per heavy atom. The highest BCUT2D eigenvalue weighted by atomic mass is 32.2. The van der Waals surface area contributed by atoms with Gasteiger partial charge in [-0.15, -0.1) is 0 Å². The summed E-state index contributed by atoms with van der Waals surface area (Å²) in [6, 6.07) is 26.6. The Morgan fingerprint density at radius 3 is 1.88 bits per heavy atom. The van der Waals surface area contributed by atoms with Gasteiger partial charge in [0.2, 0.25) is 0 Å². The maximum absolute atomic E-state index is 12.6. The molecule has 0 radical (unpaired) electrons. The second-order valence-electron chi connectivity index (χ2n) is 5.21. The Kier molecular flexibility index (Phi) is 5.41. The van der Waals surface area contributed by atoms with Crippen molar-refractivity contribution in [2.24, 2.45) is 0 Å². The molecular formula is C20H18O3S. The van der Waals surface area contributed by atoms with E-state index in [1.54, 1.807) is 19.2 Å². The zero-order chi connectivity index (χ0) is 16.8. The summed E-state index contributed by atoms with van der Waals surface area (Å²) in [4.78, 5) is 0.645. The van der Waals surface area contributed by atoms with Crippen LogP contribution in [0.5, 0.6) is 5.75 Å². The molecule has 3 nitrogen and oxygen atoms in total. The second-order valence-corrected chi connectivity index (χ2v) is 6.34. The van der Waals surface area contributed by atoms with E-state index >= 15 is 0 Å². The number of hydrogen-bond donors (Lipinski definition) is 0. The molecule has 24 heavy (non-hydrogen) atoms. The number of rotatable bonds is 6. The van der Waals surface area contributed by atoms with Crippen molar-refractivity contribution in [3.8, 4) is 5.75 Å². The molecule has 0 spiro atoms. The number of benzene rings is 3. The van der Waals surface area contributed by atoms with Crippen molar-refractivity contribution in [3.05, 3.63) is 96.1 Å². The Morgan fingerprint density at radius 2 is 1.29 bits per heavy atom. The van der Waals surface area contributed by atoms with Crippen LogP contribution in [-0.4, -0.2) is 11.3 Å². The fourth-order valence-electron chi connectivity index (χ4n) is 2.38. The number of hydrogen-bond acceptors (Lipinski definition) is 3. The highest BCUT2D eigenvalue weighted by Crippen LogP contribution is 2.29. The molecule has 0 aliphatic heterocycles. The third kappa shape index (κ3) is 3.91. The zero-order valence-electron chi connectivity index (χ0n) is 13.3. The van der Waals surface area contributed by atoms with Gasteiger partial charge in [-0.1, -0.05) is 60.7 Å². The molecule has 0 heterocycles. The van der Waals surface area contributed by atoms with E-state index in [-0.39, 0.29) is 0 Å². The van der Waals surface area contributed by atoms with E-state index in [2.05, 4.69) is 0 Å². The third-order valence-electron chi connectivity index (χ3n) is 3.64. The summed E-state index contributed by atoms with van der Waals surface area (Å²) in [6.45, 7) is 0. The average molecular weight is 338 g/mol. The van der Waals surface area contributed by atoms with Crippen LogP contribution in [-0.2, 0) is 15.3 Å². The van der Waals surface area contributed by atoms with Gasteiger partial charge in [-0.2, -0.15) is 0 Å². The van der Waals surface area contributed by atoms with Crippen LogP contribution in [0.3, 0.4) is 0 Å². The van der Waals surface area contributed by atoms with E-state index < -0.39 is 17.2 Å². The lowest BCUT2D eigenvalue weighted by atomic mass is 10.0. The van der Waals surface area contributed by atoms with Gasteiger partial charge in [0.1, 0.15) is 11.9 Å². The molecule has 0 aliphatic carbocycles. The molecule has 122 valence electrons. The fraction of sp³-hybridized carbons (Fsp3) is 0.100. The zero-order valence-corrected chi connectivity index (χ0v) is 14.1. The summed E-state index contributed by atoms with van der Waals surface area (Å²) < 4.78 is 23.7. The molecule has 3 aromatic carbocycles. The van der Waals surface area contributed by atoms with Crippen LogP contribution in [0, 0.1) is 0 Å². The van der Waals surface area contributed by atoms with E-state index in [4.69, 9.17) is 8.92 Å². The molecule has 0 fully saturated rings. The van der Waals surface area contributed by atoms with Crippen molar-refractivity contribution in [1.29, 1.82) is 0 Å². The van der Waals surface area contributed by atoms with Gasteiger partial charge in [0.15, 0.2) is 11.1 Å². The Hall–Kier alpha value is -2.43. The molecule has 4 heteroatoms. The molecule has 0 saturated carbocycles. The van der Waals surface area contributed by atoms with E-state index in [9.17, 15) is 4.21 Å². The van der Waals surface area contributed by atoms with Crippen molar-refractivity contribution in [3.63, 3.8) is 0 Å². The minimum atomic E-state index is -1.55. The lowest BCUT2D eigenvalue weighted by Gasteiger charge is -2.18. The van der Waals surface area contributed by atoms with Gasteiger partial charge in [0.25, 0.3) is 0 Å². The molecule has 0 bridgehead atoms. The van der Waals surface area contributed by atoms with Crippen LogP contribution in [0.25, 0.3) is 0 Å². The van der Waals surface area contributed by atoms with Crippen molar-refractivity contribution < 1.29 is 13.1 Å². The first-order valence-corrected chi connectivity index (χ1v) is 8.68. The first kappa shape index (κ1) is 16.4. The van der Waals surface area contributed by atoms with Crippen LogP contribution in [0.1, 0.15) is 17.2 Å². The number of ether oxygens (including phenoxy) is 1. The molecule has 0 aromatic heterocycles. The van der Waals surface area contributed by atoms with Crippen LogP contribution in [0.4, 0.5) is 0 Å². The van der Waals surface area contributed by atoms with Gasteiger partial charge >= 0.3 is 0 Å². The lowest BCUT2D eigenvalue weighted by molar-refractivity contribution is 0.275. The van der Waals surface area contributed by atoms with Gasteiger partial charge in [0.05, 0.1) is 12.0 Å². The quantitative estimate of drug-likeness (QED) is 0.663. The summed E-state index contributed by atoms with van der Waals surface area (Å²) >= 11 is -1.55. The Bertz CT molecular complexity index is 786. The minimum absolute atomic E-state index is 0.418. The molecule has 3 aromatic rings. The molecule has 0 saturated heterocycles. The summed E-state index contributed by atoms with van der Waals surface area (Å²) in [5.41, 5.74) is 1.87. The minimum Gasteiger partial charge on any atom is -0.497 e. The van der Waals surface area contributed by atoms with Crippen LogP contribution in [0.2, 0.25) is 0 Å². The van der Waals surface area contributed by atoms with Gasteiger partial charge in [-0.05, 0) is 35.4 Å². The van der Waals surface area contributed by atoms with Crippen molar-refractivity contribution in [2.75, 3.05) is 7.11 Å². The molecule has 2 unspecified atom stereocenters. The summed E-state index contributed by atoms with van der Waals surface area (Å²) in [7, 11) is 1.63. The van der Waals surface area contributed by atoms with E-state index in [1.807, 2.05) is 72.8 Å². The van der Waals surface area contributed by atoms with Gasteiger partial charge in [-0.3, -0.25) is 4.18 Å². The lowest BCUT2D eigenvalue weighted by Crippen LogP contribution is -2.09. The topological polar surface area (TPSA) is 35.5 Å². The second kappa shape index (κ2) is 7.90. The molecule has 0 amide bonds. The molecule has 3 rings (SSSR count). The Labute approximate surface area is 144 Å². The van der Waals surface area contributed by atoms with E-state index in [1.165, 1.54) is 0 Å². The average Bonchev–Trinajstić information content (AvgIpc) is 2.67. The predicted octanol–water partition coefficient (Wildman–Crippen LogP) is 4.52. The van der Waals surface area contributed by atoms with Crippen molar-refractivity contribution in [1.82, 2.24) is 0 Å². The number of methoxy groups -OCH3 is 1. The van der Waals surface area contributed by atoms with Crippen LogP contribution >= 0.6 is 0 Å². The monoisotopic (exact) mass is 338 g/mol. The molecular weight excluding hydrogens is 320 g/mol. The van der Waals surface area contributed by atoms with Gasteiger partial charge in [-0.25, -0.2) is 4.21 Å². The maximum Gasteiger partial charge on any atom is 0.190 e. The van der Waals surface area contributed by atoms with Crippen molar-refractivity contribution >= 4 is 11.1 Å². The van der Waals surface area contributed by atoms with Crippen LogP contribution < -0.4 is 4.74 Å². The summed E-state index contributed by atoms with van der Waals surface area (Å²) in [6.07, 6.45) is -0.418. The standard InChI is InChI=1S/C20H18O3S/c1-22-18-14-12-17(13-15-18)20(16-8-4-2-5-9-16)23-24(21)19-10-6-3-7-11-19/h2-15,20H,1H3. The smallest absolute Gasteiger partial charge is 0.190 e. The van der Waals surface area contributed by atoms with Crippen molar-refractivity contribution in [2.45, 2.75) is 11.0 Å². The highest BCUT2D eigenvalue weighted by molar-refractivity contribution is 7.80. The van der Waals surface area contributed by atoms with E-state index in [0.29, 0.717) is 4.90 Å². The summed E-state index contributed by atoms with van der Waals surface area (Å²) in [5, 5.41) is 0. The predicted molar refractivity (Wildman–Crippen MR) is 95.2 cm³/mol. The first-order chi connectivity index (χ1) is 11.8. The largest absolute Gasteiger partial charge is 0.497 e. The van der Waals surface area contributed by atoms with Gasteiger partial charge in [0, 0.05) is 0 Å². The molecule has 2 atom stereocenters. The first-order valence-electron chi connectivity index (χ1n) is 7.61. The highest BCUT2D eigenvalue weighted by Gasteiger charge is 2.19. The van der Waals surface area contributed by atoms with Crippen LogP contribution in [0.15, 0.2) is 89.8 Å². The Balaban J connectivity index is 1.91. The maximum atomic E-state index is 12.6.